The Bertz CT molecular complexity index is 789. The van der Waals surface area contributed by atoms with Gasteiger partial charge in [0, 0.05) is 31.2 Å². The van der Waals surface area contributed by atoms with E-state index in [1.807, 2.05) is 49.1 Å². The molecule has 2 N–H and O–H groups in total. The topological polar surface area (TPSA) is 56.7 Å². The summed E-state index contributed by atoms with van der Waals surface area (Å²) in [6.45, 7) is 11.1. The van der Waals surface area contributed by atoms with Gasteiger partial charge in [0.05, 0.1) is 6.54 Å². The van der Waals surface area contributed by atoms with Crippen molar-refractivity contribution in [1.29, 1.82) is 0 Å². The summed E-state index contributed by atoms with van der Waals surface area (Å²) >= 11 is 0. The molecule has 1 amide bonds. The molecule has 0 aliphatic rings. The Balaban J connectivity index is 0.00000480. The molecule has 1 atom stereocenters. The molecule has 0 saturated carbocycles. The molecule has 6 heteroatoms. The fourth-order valence-electron chi connectivity index (χ4n) is 3.27. The van der Waals surface area contributed by atoms with Crippen LogP contribution in [0.25, 0.3) is 0 Å². The van der Waals surface area contributed by atoms with Crippen LogP contribution in [0.15, 0.2) is 59.6 Å². The molecule has 0 aliphatic carbocycles. The maximum Gasteiger partial charge on any atom is 0.253 e. The van der Waals surface area contributed by atoms with Gasteiger partial charge in [0.1, 0.15) is 0 Å². The number of aliphatic imine (C=N–C) groups is 1. The third kappa shape index (κ3) is 9.29. The van der Waals surface area contributed by atoms with E-state index in [9.17, 15) is 4.79 Å². The van der Waals surface area contributed by atoms with Crippen LogP contribution >= 0.6 is 24.0 Å². The van der Waals surface area contributed by atoms with Gasteiger partial charge >= 0.3 is 0 Å². The first-order valence-electron chi connectivity index (χ1n) is 11.0. The lowest BCUT2D eigenvalue weighted by Gasteiger charge is -2.19. The van der Waals surface area contributed by atoms with Crippen LogP contribution in [0, 0.1) is 0 Å². The SMILES string of the molecule is CCNC(=NCc1ccc(C(=O)N(CC)CC)cc1)NC(C)CCc1ccccc1.I. The number of hydrogen-bond acceptors (Lipinski definition) is 2. The highest BCUT2D eigenvalue weighted by Crippen LogP contribution is 2.09. The molecule has 0 spiro atoms. The smallest absolute Gasteiger partial charge is 0.253 e. The molecule has 0 aliphatic heterocycles. The first kappa shape index (κ1) is 26.9. The van der Waals surface area contributed by atoms with Crippen LogP contribution in [-0.4, -0.2) is 42.4 Å². The number of nitrogens with one attached hydrogen (secondary N) is 2. The Morgan fingerprint density at radius 1 is 0.968 bits per heavy atom. The summed E-state index contributed by atoms with van der Waals surface area (Å²) in [6.07, 6.45) is 2.08. The predicted molar refractivity (Wildman–Crippen MR) is 141 cm³/mol. The lowest BCUT2D eigenvalue weighted by molar-refractivity contribution is 0.0773. The fraction of sp³-hybridized carbons (Fsp3) is 0.440. The van der Waals surface area contributed by atoms with Crippen LogP contribution in [0.2, 0.25) is 0 Å². The fourth-order valence-corrected chi connectivity index (χ4v) is 3.27. The van der Waals surface area contributed by atoms with Crippen molar-refractivity contribution in [2.45, 2.75) is 53.1 Å². The molecule has 170 valence electrons. The molecule has 2 aromatic rings. The number of hydrogen-bond donors (Lipinski definition) is 2. The summed E-state index contributed by atoms with van der Waals surface area (Å²) in [5.41, 5.74) is 3.17. The second kappa shape index (κ2) is 14.8. The van der Waals surface area contributed by atoms with Gasteiger partial charge in [-0.3, -0.25) is 4.79 Å². The van der Waals surface area contributed by atoms with Crippen molar-refractivity contribution in [1.82, 2.24) is 15.5 Å². The number of carbonyl (C=O) groups is 1. The quantitative estimate of drug-likeness (QED) is 0.259. The summed E-state index contributed by atoms with van der Waals surface area (Å²) < 4.78 is 0. The normalized spacial score (nSPS) is 11.9. The van der Waals surface area contributed by atoms with Gasteiger partial charge in [0.15, 0.2) is 5.96 Å². The van der Waals surface area contributed by atoms with E-state index < -0.39 is 0 Å². The van der Waals surface area contributed by atoms with Crippen molar-refractivity contribution >= 4 is 35.8 Å². The number of benzene rings is 2. The van der Waals surface area contributed by atoms with Crippen LogP contribution in [-0.2, 0) is 13.0 Å². The van der Waals surface area contributed by atoms with Gasteiger partial charge in [0.25, 0.3) is 5.91 Å². The van der Waals surface area contributed by atoms with E-state index >= 15 is 0 Å². The van der Waals surface area contributed by atoms with Crippen molar-refractivity contribution < 1.29 is 4.79 Å². The second-order valence-electron chi connectivity index (χ2n) is 7.44. The number of halogens is 1. The van der Waals surface area contributed by atoms with Crippen molar-refractivity contribution in [3.63, 3.8) is 0 Å². The van der Waals surface area contributed by atoms with Crippen LogP contribution in [0.5, 0.6) is 0 Å². The third-order valence-electron chi connectivity index (χ3n) is 5.11. The van der Waals surface area contributed by atoms with E-state index in [1.165, 1.54) is 5.56 Å². The Labute approximate surface area is 204 Å². The largest absolute Gasteiger partial charge is 0.357 e. The number of amides is 1. The molecule has 0 aromatic heterocycles. The highest BCUT2D eigenvalue weighted by atomic mass is 127. The summed E-state index contributed by atoms with van der Waals surface area (Å²) in [4.78, 5) is 19.0. The maximum absolute atomic E-state index is 12.4. The number of rotatable bonds is 10. The molecule has 2 aromatic carbocycles. The van der Waals surface area contributed by atoms with Crippen molar-refractivity contribution in [2.75, 3.05) is 19.6 Å². The number of aryl methyl sites for hydroxylation is 1. The molecule has 5 nitrogen and oxygen atoms in total. The molecular weight excluding hydrogens is 499 g/mol. The van der Waals surface area contributed by atoms with Crippen LogP contribution < -0.4 is 10.6 Å². The first-order valence-corrected chi connectivity index (χ1v) is 11.0. The highest BCUT2D eigenvalue weighted by Gasteiger charge is 2.12. The Morgan fingerprint density at radius 2 is 1.61 bits per heavy atom. The molecule has 0 saturated heterocycles. The van der Waals surface area contributed by atoms with Crippen molar-refractivity contribution in [2.24, 2.45) is 4.99 Å². The summed E-state index contributed by atoms with van der Waals surface area (Å²) in [5, 5.41) is 6.82. The van der Waals surface area contributed by atoms with E-state index in [4.69, 9.17) is 4.99 Å². The summed E-state index contributed by atoms with van der Waals surface area (Å²) in [6, 6.07) is 18.6. The monoisotopic (exact) mass is 536 g/mol. The number of carbonyl (C=O) groups excluding carboxylic acids is 1. The number of nitrogens with zero attached hydrogens (tertiary/aromatic N) is 2. The number of guanidine groups is 1. The summed E-state index contributed by atoms with van der Waals surface area (Å²) in [7, 11) is 0. The highest BCUT2D eigenvalue weighted by molar-refractivity contribution is 14.0. The summed E-state index contributed by atoms with van der Waals surface area (Å²) in [5.74, 6) is 0.902. The van der Waals surface area contributed by atoms with Gasteiger partial charge in [-0.25, -0.2) is 4.99 Å². The van der Waals surface area contributed by atoms with Gasteiger partial charge in [-0.2, -0.15) is 0 Å². The zero-order valence-electron chi connectivity index (χ0n) is 19.2. The minimum absolute atomic E-state index is 0. The molecular formula is C25H37IN4O. The maximum atomic E-state index is 12.4. The lowest BCUT2D eigenvalue weighted by atomic mass is 10.1. The van der Waals surface area contributed by atoms with Gasteiger partial charge < -0.3 is 15.5 Å². The minimum atomic E-state index is 0. The van der Waals surface area contributed by atoms with E-state index in [0.29, 0.717) is 12.6 Å². The lowest BCUT2D eigenvalue weighted by Crippen LogP contribution is -2.42. The van der Waals surface area contributed by atoms with Crippen LogP contribution in [0.4, 0.5) is 0 Å². The third-order valence-corrected chi connectivity index (χ3v) is 5.11. The molecule has 0 heterocycles. The first-order chi connectivity index (χ1) is 14.6. The Kier molecular flexibility index (Phi) is 12.9. The second-order valence-corrected chi connectivity index (χ2v) is 7.44. The van der Waals surface area contributed by atoms with E-state index in [-0.39, 0.29) is 29.9 Å². The van der Waals surface area contributed by atoms with E-state index in [0.717, 1.165) is 49.6 Å². The van der Waals surface area contributed by atoms with Gasteiger partial charge in [-0.1, -0.05) is 42.5 Å². The Hall–Kier alpha value is -2.09. The van der Waals surface area contributed by atoms with E-state index in [1.54, 1.807) is 0 Å². The standard InChI is InChI=1S/C25H36N4O.HI/c1-5-26-25(28-20(4)13-14-21-11-9-8-10-12-21)27-19-22-15-17-23(18-16-22)24(30)29(6-2)7-3;/h8-12,15-18,20H,5-7,13-14,19H2,1-4H3,(H2,26,27,28);1H. The molecule has 0 radical (unpaired) electrons. The predicted octanol–water partition coefficient (Wildman–Crippen LogP) is 4.86. The average Bonchev–Trinajstić information content (AvgIpc) is 2.78. The molecule has 2 rings (SSSR count). The molecule has 31 heavy (non-hydrogen) atoms. The zero-order chi connectivity index (χ0) is 21.8. The van der Waals surface area contributed by atoms with E-state index in [2.05, 4.69) is 48.7 Å². The van der Waals surface area contributed by atoms with Gasteiger partial charge in [-0.05, 0) is 63.8 Å². The van der Waals surface area contributed by atoms with Crippen LogP contribution in [0.1, 0.15) is 55.6 Å². The molecule has 0 bridgehead atoms. The zero-order valence-corrected chi connectivity index (χ0v) is 21.6. The van der Waals surface area contributed by atoms with Crippen molar-refractivity contribution in [3.8, 4) is 0 Å². The van der Waals surface area contributed by atoms with Crippen LogP contribution in [0.3, 0.4) is 0 Å². The van der Waals surface area contributed by atoms with Gasteiger partial charge in [-0.15, -0.1) is 24.0 Å². The molecule has 0 fully saturated rings. The molecule has 1 unspecified atom stereocenters. The average molecular weight is 537 g/mol. The van der Waals surface area contributed by atoms with Gasteiger partial charge in [0.2, 0.25) is 0 Å². The minimum Gasteiger partial charge on any atom is -0.357 e. The van der Waals surface area contributed by atoms with Crippen molar-refractivity contribution in [3.05, 3.63) is 71.3 Å². The Morgan fingerprint density at radius 3 is 2.19 bits per heavy atom.